The predicted octanol–water partition coefficient (Wildman–Crippen LogP) is 7.48. The van der Waals surface area contributed by atoms with Crippen molar-refractivity contribution in [3.05, 3.63) is 95.2 Å². The maximum atomic E-state index is 13.7. The van der Waals surface area contributed by atoms with E-state index in [1.54, 1.807) is 24.3 Å². The number of pyridine rings is 1. The molecule has 7 heteroatoms. The average Bonchev–Trinajstić information content (AvgIpc) is 2.85. The summed E-state index contributed by atoms with van der Waals surface area (Å²) in [6.45, 7) is 4.14. The maximum Gasteiger partial charge on any atom is 0.418 e. The minimum atomic E-state index is -4.52. The fourth-order valence-corrected chi connectivity index (χ4v) is 4.10. The second kappa shape index (κ2) is 10.4. The molecular formula is C29H26F3NO3. The lowest BCUT2D eigenvalue weighted by atomic mass is 9.99. The van der Waals surface area contributed by atoms with Crippen LogP contribution in [0.4, 0.5) is 13.2 Å². The molecule has 0 aliphatic carbocycles. The molecular weight excluding hydrogens is 467 g/mol. The van der Waals surface area contributed by atoms with Gasteiger partial charge in [-0.15, -0.1) is 0 Å². The van der Waals surface area contributed by atoms with E-state index in [0.29, 0.717) is 28.8 Å². The molecule has 0 amide bonds. The molecule has 0 aliphatic heterocycles. The van der Waals surface area contributed by atoms with Crippen molar-refractivity contribution in [1.82, 2.24) is 4.98 Å². The predicted molar refractivity (Wildman–Crippen MR) is 133 cm³/mol. The first kappa shape index (κ1) is 25.2. The molecule has 0 saturated heterocycles. The summed E-state index contributed by atoms with van der Waals surface area (Å²) < 4.78 is 51.9. The maximum absolute atomic E-state index is 13.7. The Morgan fingerprint density at radius 3 is 2.36 bits per heavy atom. The Labute approximate surface area is 207 Å². The quantitative estimate of drug-likeness (QED) is 0.250. The van der Waals surface area contributed by atoms with Crippen LogP contribution < -0.4 is 4.74 Å². The highest BCUT2D eigenvalue weighted by Gasteiger charge is 2.33. The van der Waals surface area contributed by atoms with Gasteiger partial charge in [0.25, 0.3) is 0 Å². The summed E-state index contributed by atoms with van der Waals surface area (Å²) in [5.74, 6) is 0.168. The van der Waals surface area contributed by atoms with Crippen LogP contribution in [0.15, 0.2) is 72.8 Å². The molecule has 4 rings (SSSR count). The number of carbonyl (C=O) groups excluding carboxylic acids is 1. The zero-order valence-electron chi connectivity index (χ0n) is 20.2. The Morgan fingerprint density at radius 2 is 1.69 bits per heavy atom. The smallest absolute Gasteiger partial charge is 0.418 e. The van der Waals surface area contributed by atoms with E-state index in [2.05, 4.69) is 4.98 Å². The SMILES string of the molecule is COC(=O)c1ccccc1-c1ccc(COc2cc(CC(C)C)nc3c(C(F)(F)F)cccc23)cc1. The third-order valence-electron chi connectivity index (χ3n) is 5.77. The lowest BCUT2D eigenvalue weighted by molar-refractivity contribution is -0.136. The fraction of sp³-hybridized carbons (Fsp3) is 0.241. The lowest BCUT2D eigenvalue weighted by Crippen LogP contribution is -2.09. The van der Waals surface area contributed by atoms with Crippen LogP contribution in [0.5, 0.6) is 5.75 Å². The molecule has 1 heterocycles. The molecule has 1 aromatic heterocycles. The minimum absolute atomic E-state index is 0.104. The van der Waals surface area contributed by atoms with Crippen LogP contribution in [0.3, 0.4) is 0 Å². The molecule has 0 atom stereocenters. The number of rotatable bonds is 7. The molecule has 3 aromatic carbocycles. The number of para-hydroxylation sites is 1. The Morgan fingerprint density at radius 1 is 0.972 bits per heavy atom. The molecule has 186 valence electrons. The van der Waals surface area contributed by atoms with Crippen LogP contribution in [0.25, 0.3) is 22.0 Å². The van der Waals surface area contributed by atoms with Crippen molar-refractivity contribution in [2.24, 2.45) is 5.92 Å². The molecule has 0 aliphatic rings. The first-order chi connectivity index (χ1) is 17.2. The van der Waals surface area contributed by atoms with Gasteiger partial charge in [-0.25, -0.2) is 4.79 Å². The number of halogens is 3. The molecule has 0 saturated carbocycles. The molecule has 0 bridgehead atoms. The van der Waals surface area contributed by atoms with E-state index in [9.17, 15) is 18.0 Å². The number of ether oxygens (including phenoxy) is 2. The number of aromatic nitrogens is 1. The summed E-state index contributed by atoms with van der Waals surface area (Å²) in [4.78, 5) is 16.4. The van der Waals surface area contributed by atoms with Crippen LogP contribution in [0.2, 0.25) is 0 Å². The average molecular weight is 494 g/mol. The molecule has 0 spiro atoms. The first-order valence-electron chi connectivity index (χ1n) is 11.6. The number of alkyl halides is 3. The van der Waals surface area contributed by atoms with E-state index < -0.39 is 17.7 Å². The van der Waals surface area contributed by atoms with Gasteiger partial charge in [0.05, 0.1) is 23.8 Å². The normalized spacial score (nSPS) is 11.6. The number of nitrogens with zero attached hydrogens (tertiary/aromatic N) is 1. The molecule has 0 unspecified atom stereocenters. The number of esters is 1. The van der Waals surface area contributed by atoms with Crippen LogP contribution in [0.1, 0.15) is 41.0 Å². The number of carbonyl (C=O) groups is 1. The van der Waals surface area contributed by atoms with Crippen molar-refractivity contribution in [2.75, 3.05) is 7.11 Å². The third kappa shape index (κ3) is 5.51. The largest absolute Gasteiger partial charge is 0.488 e. The number of benzene rings is 3. The third-order valence-corrected chi connectivity index (χ3v) is 5.77. The van der Waals surface area contributed by atoms with Gasteiger partial charge in [0, 0.05) is 17.1 Å². The monoisotopic (exact) mass is 493 g/mol. The zero-order valence-corrected chi connectivity index (χ0v) is 20.2. The van der Waals surface area contributed by atoms with Gasteiger partial charge in [0.15, 0.2) is 0 Å². The summed E-state index contributed by atoms with van der Waals surface area (Å²) in [7, 11) is 1.34. The summed E-state index contributed by atoms with van der Waals surface area (Å²) in [5, 5.41) is 0.320. The van der Waals surface area contributed by atoms with Crippen molar-refractivity contribution in [2.45, 2.75) is 33.1 Å². The zero-order chi connectivity index (χ0) is 25.9. The summed E-state index contributed by atoms with van der Waals surface area (Å²) >= 11 is 0. The van der Waals surface area contributed by atoms with Gasteiger partial charge in [-0.2, -0.15) is 13.2 Å². The number of methoxy groups -OCH3 is 1. The lowest BCUT2D eigenvalue weighted by Gasteiger charge is -2.16. The van der Waals surface area contributed by atoms with Crippen molar-refractivity contribution in [1.29, 1.82) is 0 Å². The second-order valence-corrected chi connectivity index (χ2v) is 8.93. The van der Waals surface area contributed by atoms with Gasteiger partial charge in [0.1, 0.15) is 12.4 Å². The summed E-state index contributed by atoms with van der Waals surface area (Å²) in [6, 6.07) is 20.4. The van der Waals surface area contributed by atoms with Gasteiger partial charge >= 0.3 is 12.1 Å². The molecule has 0 radical (unpaired) electrons. The van der Waals surface area contributed by atoms with Crippen molar-refractivity contribution in [3.63, 3.8) is 0 Å². The summed E-state index contributed by atoms with van der Waals surface area (Å²) in [6.07, 6.45) is -3.98. The molecule has 0 fully saturated rings. The second-order valence-electron chi connectivity index (χ2n) is 8.93. The molecule has 4 nitrogen and oxygen atoms in total. The fourth-order valence-electron chi connectivity index (χ4n) is 4.10. The van der Waals surface area contributed by atoms with Gasteiger partial charge < -0.3 is 9.47 Å². The number of fused-ring (bicyclic) bond motifs is 1. The standard InChI is InChI=1S/C29H26F3NO3/c1-18(2)15-21-16-26(24-9-6-10-25(27(24)33-21)29(30,31)32)36-17-19-11-13-20(14-12-19)22-7-4-5-8-23(22)28(34)35-3/h4-14,16,18H,15,17H2,1-3H3. The highest BCUT2D eigenvalue weighted by atomic mass is 19.4. The van der Waals surface area contributed by atoms with E-state index in [0.717, 1.165) is 22.8 Å². The Hall–Kier alpha value is -3.87. The molecule has 36 heavy (non-hydrogen) atoms. The molecule has 4 aromatic rings. The van der Waals surface area contributed by atoms with Crippen molar-refractivity contribution >= 4 is 16.9 Å². The molecule has 0 N–H and O–H groups in total. The number of hydrogen-bond acceptors (Lipinski definition) is 4. The van der Waals surface area contributed by atoms with E-state index in [1.165, 1.54) is 13.2 Å². The number of hydrogen-bond donors (Lipinski definition) is 0. The Bertz CT molecular complexity index is 1380. The Kier molecular flexibility index (Phi) is 7.29. The van der Waals surface area contributed by atoms with E-state index in [-0.39, 0.29) is 18.0 Å². The van der Waals surface area contributed by atoms with Crippen LogP contribution >= 0.6 is 0 Å². The highest BCUT2D eigenvalue weighted by Crippen LogP contribution is 2.37. The van der Waals surface area contributed by atoms with Gasteiger partial charge in [0.2, 0.25) is 0 Å². The van der Waals surface area contributed by atoms with Crippen LogP contribution in [-0.2, 0) is 23.9 Å². The highest BCUT2D eigenvalue weighted by molar-refractivity contribution is 5.97. The van der Waals surface area contributed by atoms with E-state index >= 15 is 0 Å². The van der Waals surface area contributed by atoms with Crippen LogP contribution in [-0.4, -0.2) is 18.1 Å². The van der Waals surface area contributed by atoms with Gasteiger partial charge in [-0.3, -0.25) is 4.98 Å². The Balaban J connectivity index is 1.63. The summed E-state index contributed by atoms with van der Waals surface area (Å²) in [5.41, 5.74) is 2.55. The van der Waals surface area contributed by atoms with Crippen molar-refractivity contribution in [3.8, 4) is 16.9 Å². The van der Waals surface area contributed by atoms with Crippen LogP contribution in [0, 0.1) is 5.92 Å². The topological polar surface area (TPSA) is 48.4 Å². The van der Waals surface area contributed by atoms with E-state index in [1.807, 2.05) is 50.2 Å². The first-order valence-corrected chi connectivity index (χ1v) is 11.6. The van der Waals surface area contributed by atoms with Crippen molar-refractivity contribution < 1.29 is 27.4 Å². The van der Waals surface area contributed by atoms with Gasteiger partial charge in [-0.05, 0) is 47.2 Å². The minimum Gasteiger partial charge on any atom is -0.488 e. The van der Waals surface area contributed by atoms with Gasteiger partial charge in [-0.1, -0.05) is 62.4 Å². The van der Waals surface area contributed by atoms with E-state index in [4.69, 9.17) is 9.47 Å².